The molecule has 1 aromatic rings. The average Bonchev–Trinajstić information content (AvgIpc) is 2.33. The summed E-state index contributed by atoms with van der Waals surface area (Å²) in [5, 5.41) is 7.59. The number of aromatic nitrogens is 2. The first kappa shape index (κ1) is 13.7. The fourth-order valence-corrected chi connectivity index (χ4v) is 3.22. The van der Waals surface area contributed by atoms with Crippen LogP contribution in [0.4, 0.5) is 5.69 Å². The average molecular weight is 288 g/mol. The van der Waals surface area contributed by atoms with Gasteiger partial charge in [0, 0.05) is 17.8 Å². The topological polar surface area (TPSA) is 46.9 Å². The van der Waals surface area contributed by atoms with E-state index in [1.165, 1.54) is 23.9 Å². The minimum Gasteiger partial charge on any atom is -0.381 e. The maximum absolute atomic E-state index is 11.8. The third-order valence-electron chi connectivity index (χ3n) is 3.58. The van der Waals surface area contributed by atoms with Gasteiger partial charge in [-0.2, -0.15) is 16.9 Å². The van der Waals surface area contributed by atoms with Crippen molar-refractivity contribution < 1.29 is 0 Å². The van der Waals surface area contributed by atoms with Crippen LogP contribution in [0.2, 0.25) is 5.02 Å². The summed E-state index contributed by atoms with van der Waals surface area (Å²) in [7, 11) is 0. The Kier molecular flexibility index (Phi) is 4.22. The summed E-state index contributed by atoms with van der Waals surface area (Å²) in [5.41, 5.74) is 0.419. The van der Waals surface area contributed by atoms with E-state index in [1.54, 1.807) is 6.20 Å². The van der Waals surface area contributed by atoms with Gasteiger partial charge >= 0.3 is 0 Å². The highest BCUT2D eigenvalue weighted by atomic mass is 35.5. The molecule has 18 heavy (non-hydrogen) atoms. The largest absolute Gasteiger partial charge is 0.381 e. The maximum atomic E-state index is 11.8. The lowest BCUT2D eigenvalue weighted by atomic mass is 9.84. The van der Waals surface area contributed by atoms with Gasteiger partial charge in [0.15, 0.2) is 0 Å². The second-order valence-electron chi connectivity index (χ2n) is 4.59. The Morgan fingerprint density at radius 3 is 2.83 bits per heavy atom. The number of rotatable bonds is 5. The summed E-state index contributed by atoms with van der Waals surface area (Å²) >= 11 is 7.95. The van der Waals surface area contributed by atoms with Crippen LogP contribution in [0.15, 0.2) is 11.0 Å². The van der Waals surface area contributed by atoms with Gasteiger partial charge in [-0.05, 0) is 26.0 Å². The third-order valence-corrected chi connectivity index (χ3v) is 5.37. The van der Waals surface area contributed by atoms with Gasteiger partial charge in [0.25, 0.3) is 5.56 Å². The van der Waals surface area contributed by atoms with Crippen molar-refractivity contribution in [2.24, 2.45) is 0 Å². The van der Waals surface area contributed by atoms with Gasteiger partial charge in [0.2, 0.25) is 0 Å². The maximum Gasteiger partial charge on any atom is 0.287 e. The molecule has 1 aliphatic rings. The van der Waals surface area contributed by atoms with E-state index in [1.807, 2.05) is 18.7 Å². The predicted molar refractivity (Wildman–Crippen MR) is 77.8 cm³/mol. The van der Waals surface area contributed by atoms with Crippen LogP contribution in [0, 0.1) is 0 Å². The van der Waals surface area contributed by atoms with Gasteiger partial charge < -0.3 is 5.32 Å². The van der Waals surface area contributed by atoms with Crippen LogP contribution in [0.5, 0.6) is 0 Å². The molecule has 4 nitrogen and oxygen atoms in total. The van der Waals surface area contributed by atoms with Gasteiger partial charge in [-0.3, -0.25) is 4.79 Å². The first-order valence-electron chi connectivity index (χ1n) is 6.16. The van der Waals surface area contributed by atoms with E-state index < -0.39 is 0 Å². The molecule has 0 amide bonds. The highest BCUT2D eigenvalue weighted by Crippen LogP contribution is 2.42. The van der Waals surface area contributed by atoms with Gasteiger partial charge in [-0.1, -0.05) is 18.0 Å². The van der Waals surface area contributed by atoms with Crippen molar-refractivity contribution >= 4 is 29.1 Å². The molecule has 0 unspecified atom stereocenters. The van der Waals surface area contributed by atoms with Crippen LogP contribution in [0.1, 0.15) is 26.2 Å². The summed E-state index contributed by atoms with van der Waals surface area (Å²) in [5.74, 6) is 0. The number of hydrogen-bond donors (Lipinski definition) is 1. The number of halogens is 1. The molecule has 1 saturated carbocycles. The first-order valence-corrected chi connectivity index (χ1v) is 7.77. The zero-order valence-corrected chi connectivity index (χ0v) is 12.3. The Balaban J connectivity index is 2.10. The SMILES string of the molecule is CCn1ncc(NCC2(SC)CCC2)c(Cl)c1=O. The molecule has 0 aliphatic heterocycles. The number of anilines is 1. The van der Waals surface area contributed by atoms with Crippen molar-refractivity contribution in [3.63, 3.8) is 0 Å². The normalized spacial score (nSPS) is 17.3. The van der Waals surface area contributed by atoms with E-state index in [4.69, 9.17) is 11.6 Å². The third kappa shape index (κ3) is 2.52. The van der Waals surface area contributed by atoms with E-state index >= 15 is 0 Å². The second kappa shape index (κ2) is 5.53. The number of hydrogen-bond acceptors (Lipinski definition) is 4. The van der Waals surface area contributed by atoms with Gasteiger partial charge in [-0.25, -0.2) is 4.68 Å². The molecule has 0 radical (unpaired) electrons. The van der Waals surface area contributed by atoms with E-state index in [0.29, 0.717) is 17.0 Å². The smallest absolute Gasteiger partial charge is 0.287 e. The first-order chi connectivity index (χ1) is 8.62. The molecule has 1 heterocycles. The Hall–Kier alpha value is -0.680. The van der Waals surface area contributed by atoms with E-state index in [0.717, 1.165) is 6.54 Å². The van der Waals surface area contributed by atoms with E-state index in [2.05, 4.69) is 16.7 Å². The predicted octanol–water partition coefficient (Wildman–Crippen LogP) is 2.61. The number of thioether (sulfide) groups is 1. The van der Waals surface area contributed by atoms with Crippen molar-refractivity contribution in [3.05, 3.63) is 21.6 Å². The Morgan fingerprint density at radius 1 is 1.61 bits per heavy atom. The van der Waals surface area contributed by atoms with Crippen LogP contribution in [0.3, 0.4) is 0 Å². The van der Waals surface area contributed by atoms with Crippen molar-refractivity contribution in [2.75, 3.05) is 18.1 Å². The zero-order chi connectivity index (χ0) is 13.2. The van der Waals surface area contributed by atoms with Crippen LogP contribution >= 0.6 is 23.4 Å². The summed E-state index contributed by atoms with van der Waals surface area (Å²) in [6, 6.07) is 0. The number of nitrogens with one attached hydrogen (secondary N) is 1. The molecule has 2 rings (SSSR count). The quantitative estimate of drug-likeness (QED) is 0.904. The molecule has 0 aromatic carbocycles. The fraction of sp³-hybridized carbons (Fsp3) is 0.667. The highest BCUT2D eigenvalue weighted by molar-refractivity contribution is 8.00. The molecule has 0 bridgehead atoms. The molecule has 1 N–H and O–H groups in total. The highest BCUT2D eigenvalue weighted by Gasteiger charge is 2.35. The van der Waals surface area contributed by atoms with Crippen LogP contribution in [-0.4, -0.2) is 27.3 Å². The van der Waals surface area contributed by atoms with Crippen molar-refractivity contribution in [1.82, 2.24) is 9.78 Å². The molecule has 1 aliphatic carbocycles. The molecule has 1 aromatic heterocycles. The van der Waals surface area contributed by atoms with E-state index in [-0.39, 0.29) is 10.6 Å². The van der Waals surface area contributed by atoms with Gasteiger partial charge in [-0.15, -0.1) is 0 Å². The molecule has 0 atom stereocenters. The molecule has 0 saturated heterocycles. The summed E-state index contributed by atoms with van der Waals surface area (Å²) in [6.07, 6.45) is 7.50. The molecule has 100 valence electrons. The second-order valence-corrected chi connectivity index (χ2v) is 6.24. The standard InChI is InChI=1S/C12H18ClN3OS/c1-3-16-11(17)10(13)9(7-15-16)14-8-12(18-2)5-4-6-12/h7,14H,3-6,8H2,1-2H3. The summed E-state index contributed by atoms with van der Waals surface area (Å²) < 4.78 is 1.67. The van der Waals surface area contributed by atoms with E-state index in [9.17, 15) is 4.79 Å². The monoisotopic (exact) mass is 287 g/mol. The lowest BCUT2D eigenvalue weighted by molar-refractivity contribution is 0.380. The van der Waals surface area contributed by atoms with Gasteiger partial charge in [0.05, 0.1) is 11.9 Å². The molecule has 0 spiro atoms. The molecule has 6 heteroatoms. The van der Waals surface area contributed by atoms with Crippen LogP contribution < -0.4 is 10.9 Å². The van der Waals surface area contributed by atoms with Crippen molar-refractivity contribution in [3.8, 4) is 0 Å². The Bertz CT molecular complexity index is 479. The zero-order valence-electron chi connectivity index (χ0n) is 10.7. The molecular formula is C12H18ClN3OS. The Labute approximate surface area is 116 Å². The molecule has 1 fully saturated rings. The van der Waals surface area contributed by atoms with Crippen LogP contribution in [0.25, 0.3) is 0 Å². The van der Waals surface area contributed by atoms with Gasteiger partial charge in [0.1, 0.15) is 5.02 Å². The summed E-state index contributed by atoms with van der Waals surface area (Å²) in [6.45, 7) is 3.24. The number of nitrogens with zero attached hydrogens (tertiary/aromatic N) is 2. The van der Waals surface area contributed by atoms with Crippen molar-refractivity contribution in [1.29, 1.82) is 0 Å². The fourth-order valence-electron chi connectivity index (χ4n) is 2.09. The minimum absolute atomic E-state index is 0.226. The summed E-state index contributed by atoms with van der Waals surface area (Å²) in [4.78, 5) is 11.8. The van der Waals surface area contributed by atoms with Crippen LogP contribution in [-0.2, 0) is 6.54 Å². The Morgan fingerprint density at radius 2 is 2.33 bits per heavy atom. The lowest BCUT2D eigenvalue weighted by Crippen LogP contribution is -2.40. The lowest BCUT2D eigenvalue weighted by Gasteiger charge is -2.40. The minimum atomic E-state index is -0.226. The van der Waals surface area contributed by atoms with Crippen molar-refractivity contribution in [2.45, 2.75) is 37.5 Å². The molecular weight excluding hydrogens is 270 g/mol. The number of aryl methyl sites for hydroxylation is 1.